The second-order valence-electron chi connectivity index (χ2n) is 5.34. The van der Waals surface area contributed by atoms with E-state index in [-0.39, 0.29) is 12.1 Å². The van der Waals surface area contributed by atoms with Crippen LogP contribution in [0.5, 0.6) is 0 Å². The van der Waals surface area contributed by atoms with Crippen molar-refractivity contribution in [2.45, 2.75) is 31.0 Å². The van der Waals surface area contributed by atoms with Crippen molar-refractivity contribution in [1.82, 2.24) is 10.2 Å². The molecule has 0 unspecified atom stereocenters. The Labute approximate surface area is 110 Å². The van der Waals surface area contributed by atoms with Gasteiger partial charge in [0, 0.05) is 18.5 Å². The van der Waals surface area contributed by atoms with Crippen LogP contribution < -0.4 is 0 Å². The van der Waals surface area contributed by atoms with Gasteiger partial charge >= 0.3 is 0 Å². The number of aliphatic hydroxyl groups is 1. The van der Waals surface area contributed by atoms with E-state index in [2.05, 4.69) is 5.16 Å². The molecule has 4 heterocycles. The number of fused-ring (bicyclic) bond motifs is 2. The van der Waals surface area contributed by atoms with E-state index in [0.717, 1.165) is 5.56 Å². The Balaban J connectivity index is 1.60. The summed E-state index contributed by atoms with van der Waals surface area (Å²) < 4.78 is 16.5. The third-order valence-electron chi connectivity index (χ3n) is 4.26. The van der Waals surface area contributed by atoms with Gasteiger partial charge in [0.2, 0.25) is 0 Å². The lowest BCUT2D eigenvalue weighted by atomic mass is 9.92. The van der Waals surface area contributed by atoms with E-state index in [9.17, 15) is 5.11 Å². The number of nitrogens with zero attached hydrogens (tertiary/aromatic N) is 2. The van der Waals surface area contributed by atoms with Crippen molar-refractivity contribution in [3.05, 3.63) is 17.5 Å². The molecule has 1 aromatic rings. The van der Waals surface area contributed by atoms with Gasteiger partial charge in [0.25, 0.3) is 0 Å². The molecule has 7 heteroatoms. The summed E-state index contributed by atoms with van der Waals surface area (Å²) in [6.45, 7) is 1.69. The first-order valence-corrected chi connectivity index (χ1v) is 6.46. The highest BCUT2D eigenvalue weighted by Crippen LogP contribution is 2.39. The number of hydrogen-bond donors (Lipinski definition) is 1. The lowest BCUT2D eigenvalue weighted by Crippen LogP contribution is -2.47. The number of hydrogen-bond acceptors (Lipinski definition) is 7. The first-order chi connectivity index (χ1) is 9.25. The van der Waals surface area contributed by atoms with Crippen LogP contribution >= 0.6 is 0 Å². The van der Waals surface area contributed by atoms with Crippen molar-refractivity contribution in [1.29, 1.82) is 0 Å². The molecule has 5 atom stereocenters. The predicted molar refractivity (Wildman–Crippen MR) is 60.8 cm³/mol. The molecular formula is C12H16N2O5. The molecule has 0 radical (unpaired) electrons. The summed E-state index contributed by atoms with van der Waals surface area (Å²) in [5.41, 5.74) is 1.36. The molecule has 2 saturated heterocycles. The van der Waals surface area contributed by atoms with E-state index >= 15 is 0 Å². The number of rotatable bonds is 1. The molecule has 0 spiro atoms. The van der Waals surface area contributed by atoms with Gasteiger partial charge in [-0.15, -0.1) is 0 Å². The summed E-state index contributed by atoms with van der Waals surface area (Å²) in [5, 5.41) is 16.1. The maximum absolute atomic E-state index is 10.4. The van der Waals surface area contributed by atoms with E-state index in [1.165, 1.54) is 6.26 Å². The molecule has 0 aromatic carbocycles. The molecule has 19 heavy (non-hydrogen) atoms. The molecule has 104 valence electrons. The van der Waals surface area contributed by atoms with Crippen molar-refractivity contribution < 1.29 is 23.9 Å². The monoisotopic (exact) mass is 268 g/mol. The highest BCUT2D eigenvalue weighted by atomic mass is 16.7. The van der Waals surface area contributed by atoms with E-state index < -0.39 is 12.2 Å². The van der Waals surface area contributed by atoms with Gasteiger partial charge in [-0.3, -0.25) is 4.84 Å². The third kappa shape index (κ3) is 1.66. The standard InChI is InChI=1S/C12H16N2O5/c1-14-9-7(5-19-14)3-16-11(9)12-10(15)8-6(2-17-12)4-18-13-8/h4,7,9-12,15H,2-3,5H2,1H3/t7-,9+,10-,11+,12+/m1/s1. The number of ether oxygens (including phenoxy) is 2. The Morgan fingerprint density at radius 2 is 2.21 bits per heavy atom. The Kier molecular flexibility index (Phi) is 2.64. The van der Waals surface area contributed by atoms with Crippen LogP contribution in [0, 0.1) is 5.92 Å². The minimum absolute atomic E-state index is 0.119. The number of aliphatic hydroxyl groups excluding tert-OH is 1. The van der Waals surface area contributed by atoms with Gasteiger partial charge in [-0.1, -0.05) is 5.16 Å². The maximum Gasteiger partial charge on any atom is 0.129 e. The van der Waals surface area contributed by atoms with Crippen LogP contribution in [0.2, 0.25) is 0 Å². The molecule has 2 fully saturated rings. The Morgan fingerprint density at radius 1 is 1.32 bits per heavy atom. The van der Waals surface area contributed by atoms with Crippen LogP contribution in [-0.2, 0) is 20.9 Å². The zero-order valence-electron chi connectivity index (χ0n) is 10.6. The molecule has 3 aliphatic rings. The molecule has 4 rings (SSSR count). The van der Waals surface area contributed by atoms with Gasteiger partial charge in [-0.05, 0) is 0 Å². The van der Waals surface area contributed by atoms with Gasteiger partial charge in [-0.25, -0.2) is 0 Å². The zero-order valence-corrected chi connectivity index (χ0v) is 10.6. The third-order valence-corrected chi connectivity index (χ3v) is 4.26. The molecule has 0 amide bonds. The fourth-order valence-corrected chi connectivity index (χ4v) is 3.26. The summed E-state index contributed by atoms with van der Waals surface area (Å²) in [7, 11) is 1.89. The zero-order chi connectivity index (χ0) is 13.0. The van der Waals surface area contributed by atoms with E-state index in [1.807, 2.05) is 12.1 Å². The lowest BCUT2D eigenvalue weighted by Gasteiger charge is -2.34. The van der Waals surface area contributed by atoms with E-state index in [1.54, 1.807) is 0 Å². The SMILES string of the molecule is CN1OC[C@H]2CO[C@H]([C@H]3OCc4conc4[C@H]3O)[C@H]21. The molecule has 0 saturated carbocycles. The van der Waals surface area contributed by atoms with Crippen LogP contribution in [0.25, 0.3) is 0 Å². The van der Waals surface area contributed by atoms with Crippen LogP contribution in [0.4, 0.5) is 0 Å². The van der Waals surface area contributed by atoms with Gasteiger partial charge in [-0.2, -0.15) is 5.06 Å². The average Bonchev–Trinajstić information content (AvgIpc) is 3.08. The summed E-state index contributed by atoms with van der Waals surface area (Å²) in [4.78, 5) is 5.51. The van der Waals surface area contributed by atoms with Crippen molar-refractivity contribution in [2.24, 2.45) is 5.92 Å². The lowest BCUT2D eigenvalue weighted by molar-refractivity contribution is -0.179. The minimum Gasteiger partial charge on any atom is -0.384 e. The molecular weight excluding hydrogens is 252 g/mol. The highest BCUT2D eigenvalue weighted by Gasteiger charge is 2.52. The Hall–Kier alpha value is -0.990. The van der Waals surface area contributed by atoms with Crippen molar-refractivity contribution in [3.63, 3.8) is 0 Å². The topological polar surface area (TPSA) is 77.2 Å². The molecule has 7 nitrogen and oxygen atoms in total. The Morgan fingerprint density at radius 3 is 3.11 bits per heavy atom. The van der Waals surface area contributed by atoms with Gasteiger partial charge in [0.1, 0.15) is 30.3 Å². The minimum atomic E-state index is -0.819. The first kappa shape index (κ1) is 11.8. The number of aromatic nitrogens is 1. The smallest absolute Gasteiger partial charge is 0.129 e. The fourth-order valence-electron chi connectivity index (χ4n) is 3.26. The Bertz CT molecular complexity index is 478. The molecule has 3 aliphatic heterocycles. The first-order valence-electron chi connectivity index (χ1n) is 6.46. The van der Waals surface area contributed by atoms with E-state index in [4.69, 9.17) is 18.8 Å². The van der Waals surface area contributed by atoms with Crippen LogP contribution in [0.15, 0.2) is 10.8 Å². The van der Waals surface area contributed by atoms with Gasteiger partial charge < -0.3 is 19.1 Å². The average molecular weight is 268 g/mol. The number of likely N-dealkylation sites (N-methyl/N-ethyl adjacent to an activating group) is 1. The summed E-state index contributed by atoms with van der Waals surface area (Å²) in [6, 6.07) is 0.119. The second kappa shape index (κ2) is 4.26. The van der Waals surface area contributed by atoms with Crippen LogP contribution in [0.1, 0.15) is 17.4 Å². The van der Waals surface area contributed by atoms with Crippen molar-refractivity contribution >= 4 is 0 Å². The molecule has 0 aliphatic carbocycles. The summed E-state index contributed by atoms with van der Waals surface area (Å²) in [5.74, 6) is 0.338. The van der Waals surface area contributed by atoms with Crippen LogP contribution in [0.3, 0.4) is 0 Å². The quantitative estimate of drug-likeness (QED) is 0.760. The van der Waals surface area contributed by atoms with Gasteiger partial charge in [0.15, 0.2) is 0 Å². The molecule has 1 aromatic heterocycles. The summed E-state index contributed by atoms with van der Waals surface area (Å²) in [6.07, 6.45) is 0.0482. The predicted octanol–water partition coefficient (Wildman–Crippen LogP) is -0.133. The largest absolute Gasteiger partial charge is 0.384 e. The highest BCUT2D eigenvalue weighted by molar-refractivity contribution is 5.21. The fraction of sp³-hybridized carbons (Fsp3) is 0.750. The van der Waals surface area contributed by atoms with Crippen molar-refractivity contribution in [2.75, 3.05) is 20.3 Å². The van der Waals surface area contributed by atoms with Gasteiger partial charge in [0.05, 0.1) is 25.9 Å². The number of hydroxylamine groups is 2. The molecule has 1 N–H and O–H groups in total. The summed E-state index contributed by atoms with van der Waals surface area (Å²) >= 11 is 0. The maximum atomic E-state index is 10.4. The van der Waals surface area contributed by atoms with Crippen molar-refractivity contribution in [3.8, 4) is 0 Å². The molecule has 0 bridgehead atoms. The normalized spacial score (nSPS) is 42.3. The van der Waals surface area contributed by atoms with E-state index in [0.29, 0.717) is 31.4 Å². The van der Waals surface area contributed by atoms with Crippen LogP contribution in [-0.4, -0.2) is 53.8 Å². The second-order valence-corrected chi connectivity index (χ2v) is 5.34.